The molecule has 0 aliphatic rings. The monoisotopic (exact) mass is 1580 g/mol. The van der Waals surface area contributed by atoms with Gasteiger partial charge in [0.25, 0.3) is 0 Å². The molecule has 97 heavy (non-hydrogen) atoms. The molecule has 0 radical (unpaired) electrons. The van der Waals surface area contributed by atoms with Crippen LogP contribution in [-0.2, 0) is 45.5 Å². The van der Waals surface area contributed by atoms with Gasteiger partial charge in [0.05, 0.1) is 31.7 Å². The van der Waals surface area contributed by atoms with Crippen LogP contribution < -0.4 is 63.7 Å². The van der Waals surface area contributed by atoms with E-state index in [0.29, 0.717) is 0 Å². The molecule has 0 aliphatic carbocycles. The molecule has 0 saturated carbocycles. The molecule has 12 aromatic carbocycles. The maximum Gasteiger partial charge on any atom is 0.102 e. The molecule has 14 rings (SSSR count). The zero-order valence-corrected chi connectivity index (χ0v) is 63.3. The van der Waals surface area contributed by atoms with Crippen molar-refractivity contribution in [3.8, 4) is 0 Å². The molecule has 2 N–H and O–H groups in total. The van der Waals surface area contributed by atoms with E-state index in [1.165, 1.54) is 63.7 Å². The first kappa shape index (κ1) is 77.1. The molecule has 490 valence electrons. The van der Waals surface area contributed by atoms with Gasteiger partial charge in [-0.3, -0.25) is 9.97 Å². The Balaban J connectivity index is 0.000000166. The molecule has 14 aromatic rings. The van der Waals surface area contributed by atoms with E-state index >= 15 is 0 Å². The minimum Gasteiger partial charge on any atom is -0.672 e. The molecule has 0 unspecified atom stereocenters. The maximum atomic E-state index is 6.88. The Kier molecular flexibility index (Phi) is 37.8. The van der Waals surface area contributed by atoms with E-state index in [1.54, 1.807) is 29.7 Å². The van der Waals surface area contributed by atoms with Crippen molar-refractivity contribution in [2.24, 2.45) is 0 Å². The standard InChI is InChI=1S/4C18H15P.2C6H7N2.3ClH.2Ru.H/c4*1-4-10-16(11-5-1)19(17-12-6-2-7-13-17)18-14-8-3-9-15-18;2*7-5-6-3-1-2-4-8-6;;;;;;/h4*1-15H;2*1-4,7H,5H2;3*1H;;;/q;;;;2*-1;;;;+1;+2;/p+1. The third-order valence-electron chi connectivity index (χ3n) is 14.6. The molecule has 0 fully saturated rings. The summed E-state index contributed by atoms with van der Waals surface area (Å²) in [6.45, 7) is 0.557. The Morgan fingerprint density at radius 2 is 0.330 bits per heavy atom. The van der Waals surface area contributed by atoms with Crippen LogP contribution in [0.4, 0.5) is 0 Å². The molecule has 4 nitrogen and oxygen atoms in total. The number of aromatic nitrogens is 2. The summed E-state index contributed by atoms with van der Waals surface area (Å²) in [4.78, 5) is 7.82. The summed E-state index contributed by atoms with van der Waals surface area (Å²) in [7, 11) is 10.8. The van der Waals surface area contributed by atoms with Gasteiger partial charge in [0.1, 0.15) is 63.7 Å². The summed E-state index contributed by atoms with van der Waals surface area (Å²) in [6, 6.07) is 141. The van der Waals surface area contributed by atoms with Crippen LogP contribution in [0.3, 0.4) is 0 Å². The van der Waals surface area contributed by atoms with Crippen molar-refractivity contribution in [1.29, 1.82) is 0 Å². The third-order valence-corrected chi connectivity index (χ3v) is 25.5. The second-order valence-electron chi connectivity index (χ2n) is 20.9. The van der Waals surface area contributed by atoms with Crippen LogP contribution in [-0.4, -0.2) is 9.97 Å². The van der Waals surface area contributed by atoms with E-state index in [9.17, 15) is 0 Å². The van der Waals surface area contributed by atoms with Crippen LogP contribution in [0.25, 0.3) is 11.5 Å². The summed E-state index contributed by atoms with van der Waals surface area (Å²) in [6.07, 6.45) is 3.40. The van der Waals surface area contributed by atoms with Gasteiger partial charge in [0.2, 0.25) is 0 Å². The molecule has 0 spiro atoms. The number of benzene rings is 12. The van der Waals surface area contributed by atoms with Crippen LogP contribution in [0.15, 0.2) is 413 Å². The van der Waals surface area contributed by atoms with Crippen molar-refractivity contribution >= 4 is 124 Å². The fourth-order valence-electron chi connectivity index (χ4n) is 10.3. The SMILES string of the molecule is [Cl][RuH].[Cl][Ru][Cl].[NH-]Cc1ccccn1.[NH-]Cc1ccccn1.c1ccc([PH+](c2ccccc2)c2ccccc2)cc1.c1ccc([PH+](c2ccccc2)c2ccccc2)cc1.c1ccc([PH+](c2ccccc2)c2ccccc2)cc1.c1ccc([PH+](c2ccccc2)c2ccccc2)cc1. The fourth-order valence-corrected chi connectivity index (χ4v) is 20.6. The van der Waals surface area contributed by atoms with Crippen LogP contribution in [0.5, 0.6) is 0 Å². The number of hydrogen-bond donors (Lipinski definition) is 0. The van der Waals surface area contributed by atoms with E-state index in [2.05, 4.69) is 384 Å². The van der Waals surface area contributed by atoms with Crippen molar-refractivity contribution in [2.45, 2.75) is 13.1 Å². The van der Waals surface area contributed by atoms with Crippen LogP contribution in [0.1, 0.15) is 11.4 Å². The Labute approximate surface area is 610 Å². The largest absolute Gasteiger partial charge is 0.672 e. The van der Waals surface area contributed by atoms with E-state index in [-0.39, 0.29) is 28.2 Å². The summed E-state index contributed by atoms with van der Waals surface area (Å²) in [5.41, 5.74) is 15.4. The second kappa shape index (κ2) is 47.6. The van der Waals surface area contributed by atoms with Crippen LogP contribution in [0.2, 0.25) is 0 Å². The Bertz CT molecular complexity index is 3300. The van der Waals surface area contributed by atoms with Gasteiger partial charge in [-0.25, -0.2) is 0 Å². The minimum atomic E-state index is -0.877. The van der Waals surface area contributed by atoms with Gasteiger partial charge in [-0.15, -0.1) is 13.1 Å². The Morgan fingerprint density at radius 3 is 0.412 bits per heavy atom. The van der Waals surface area contributed by atoms with E-state index < -0.39 is 31.7 Å². The smallest absolute Gasteiger partial charge is 0.102 e. The van der Waals surface area contributed by atoms with Gasteiger partial charge in [0.15, 0.2) is 0 Å². The quantitative estimate of drug-likeness (QED) is 0.0804. The van der Waals surface area contributed by atoms with Crippen molar-refractivity contribution < 1.29 is 32.5 Å². The molecule has 13 heteroatoms. The van der Waals surface area contributed by atoms with Gasteiger partial charge in [0, 0.05) is 23.8 Å². The molecule has 0 bridgehead atoms. The summed E-state index contributed by atoms with van der Waals surface area (Å²) in [5.74, 6) is 0. The average molecular weight is 1580 g/mol. The van der Waals surface area contributed by atoms with Crippen LogP contribution in [0, 0.1) is 0 Å². The van der Waals surface area contributed by atoms with Gasteiger partial charge < -0.3 is 11.5 Å². The number of hydrogen-bond acceptors (Lipinski definition) is 2. The van der Waals surface area contributed by atoms with Gasteiger partial charge >= 0.3 is 61.5 Å². The Morgan fingerprint density at radius 1 is 0.216 bits per heavy atom. The normalized spacial score (nSPS) is 10.1. The number of nitrogens with zero attached hydrogens (tertiary/aromatic N) is 2. The fraction of sp³-hybridized carbons (Fsp3) is 0.0238. The zero-order valence-electron chi connectivity index (χ0n) is 53.4. The van der Waals surface area contributed by atoms with Crippen molar-refractivity contribution in [1.82, 2.24) is 9.97 Å². The van der Waals surface area contributed by atoms with Crippen molar-refractivity contribution in [3.05, 3.63) is 436 Å². The number of nitrogens with one attached hydrogen (secondary N) is 2. The molecule has 2 aromatic heterocycles. The summed E-state index contributed by atoms with van der Waals surface area (Å²) in [5, 5.41) is 17.2. The average Bonchev–Trinajstić information content (AvgIpc) is 1.39. The second-order valence-corrected chi connectivity index (χ2v) is 33.5. The maximum absolute atomic E-state index is 6.88. The van der Waals surface area contributed by atoms with Gasteiger partial charge in [-0.2, -0.15) is 0 Å². The van der Waals surface area contributed by atoms with E-state index in [0.717, 1.165) is 11.4 Å². The molecular weight excluding hydrogens is 1500 g/mol. The zero-order chi connectivity index (χ0) is 68.0. The van der Waals surface area contributed by atoms with Gasteiger partial charge in [-0.1, -0.05) is 231 Å². The number of halogens is 3. The first-order valence-corrected chi connectivity index (χ1v) is 44.2. The van der Waals surface area contributed by atoms with E-state index in [1.807, 2.05) is 36.4 Å². The molecule has 0 atom stereocenters. The summed E-state index contributed by atoms with van der Waals surface area (Å²) < 4.78 is 0. The van der Waals surface area contributed by atoms with E-state index in [4.69, 9.17) is 30.8 Å². The van der Waals surface area contributed by atoms with Gasteiger partial charge in [-0.05, 0) is 170 Å². The first-order chi connectivity index (χ1) is 48.1. The molecular formula is C84H79Cl3N4P4Ru2+2. The topological polar surface area (TPSA) is 73.4 Å². The number of pyridine rings is 2. The number of rotatable bonds is 14. The molecule has 0 saturated heterocycles. The third kappa shape index (κ3) is 27.2. The first-order valence-electron chi connectivity index (χ1n) is 31.3. The van der Waals surface area contributed by atoms with Crippen molar-refractivity contribution in [2.75, 3.05) is 0 Å². The Hall–Kier alpha value is -7.30. The molecule has 0 amide bonds. The minimum absolute atomic E-state index is 0.279. The molecule has 0 aliphatic heterocycles. The van der Waals surface area contributed by atoms with Crippen molar-refractivity contribution in [3.63, 3.8) is 0 Å². The predicted octanol–water partition coefficient (Wildman–Crippen LogP) is 17.8. The van der Waals surface area contributed by atoms with Crippen LogP contribution >= 0.6 is 60.8 Å². The summed E-state index contributed by atoms with van der Waals surface area (Å²) >= 11 is 1.28. The predicted molar refractivity (Wildman–Crippen MR) is 430 cm³/mol. The molecule has 2 heterocycles.